The summed E-state index contributed by atoms with van der Waals surface area (Å²) >= 11 is 0. The van der Waals surface area contributed by atoms with Crippen LogP contribution in [0.2, 0.25) is 0 Å². The number of benzene rings is 12. The Kier molecular flexibility index (Phi) is 6.05. The summed E-state index contributed by atoms with van der Waals surface area (Å²) in [7, 11) is 0. The molecular weight excluding hydrogens is 709 g/mol. The maximum atomic E-state index is 2.51. The first-order chi connectivity index (χ1) is 29.3. The maximum absolute atomic E-state index is 2.51. The van der Waals surface area contributed by atoms with Gasteiger partial charge in [0.2, 0.25) is 0 Å². The van der Waals surface area contributed by atoms with Crippen LogP contribution in [-0.4, -0.2) is 0 Å². The molecule has 0 aromatic heterocycles. The van der Waals surface area contributed by atoms with Crippen LogP contribution in [0.25, 0.3) is 109 Å². The third kappa shape index (κ3) is 3.94. The minimum Gasteiger partial charge on any atom is -0.0619 e. The quantitative estimate of drug-likeness (QED) is 0.155. The Morgan fingerprint density at radius 3 is 1.58 bits per heavy atom. The third-order valence-corrected chi connectivity index (χ3v) is 14.0. The van der Waals surface area contributed by atoms with Gasteiger partial charge in [0, 0.05) is 0 Å². The minimum atomic E-state index is -0.467. The summed E-state index contributed by atoms with van der Waals surface area (Å²) in [5.41, 5.74) is 15.4. The molecule has 0 N–H and O–H groups in total. The van der Waals surface area contributed by atoms with Crippen LogP contribution >= 0.6 is 0 Å². The molecule has 0 unspecified atom stereocenters. The molecule has 0 heterocycles. The molecule has 0 amide bonds. The molecule has 0 saturated carbocycles. The molecule has 0 atom stereocenters. The number of hydrogen-bond acceptors (Lipinski definition) is 0. The van der Waals surface area contributed by atoms with E-state index < -0.39 is 5.41 Å². The van der Waals surface area contributed by atoms with Gasteiger partial charge in [0.05, 0.1) is 5.41 Å². The molecule has 12 aromatic carbocycles. The van der Waals surface area contributed by atoms with Crippen molar-refractivity contribution in [3.8, 4) is 44.5 Å². The molecule has 0 aliphatic heterocycles. The molecule has 59 heavy (non-hydrogen) atoms. The Labute approximate surface area is 341 Å². The number of rotatable bonds is 2. The second-order valence-corrected chi connectivity index (χ2v) is 16.7. The summed E-state index contributed by atoms with van der Waals surface area (Å²) in [4.78, 5) is 0. The lowest BCUT2D eigenvalue weighted by Gasteiger charge is -2.32. The highest BCUT2D eigenvalue weighted by Gasteiger charge is 2.53. The van der Waals surface area contributed by atoms with E-state index in [1.54, 1.807) is 0 Å². The van der Waals surface area contributed by atoms with Gasteiger partial charge in [-0.05, 0) is 150 Å². The molecule has 0 heteroatoms. The van der Waals surface area contributed by atoms with Gasteiger partial charge in [0.1, 0.15) is 0 Å². The fourth-order valence-corrected chi connectivity index (χ4v) is 11.7. The lowest BCUT2D eigenvalue weighted by molar-refractivity contribution is 0.803. The van der Waals surface area contributed by atoms with Crippen molar-refractivity contribution >= 4 is 64.6 Å². The van der Waals surface area contributed by atoms with E-state index in [2.05, 4.69) is 206 Å². The predicted octanol–water partition coefficient (Wildman–Crippen LogP) is 15.7. The standard InChI is InChI=1S/C59H34/c1-2-13-39-34-54-51(32-38(39)12-1)57-47-21-6-5-18-43(47)50-33-40(28-31-49(50)58(57)59(54)52-22-9-7-19-45(52)46-20-8-10-23-53(46)59)41-16-3-4-17-42(41)44-29-26-37-25-24-35-14-11-15-36-27-30-48(44)56(37)55(35)36/h1-34H. The number of fused-ring (bicyclic) bond motifs is 16. The van der Waals surface area contributed by atoms with Crippen molar-refractivity contribution in [2.75, 3.05) is 0 Å². The lowest BCUT2D eigenvalue weighted by Crippen LogP contribution is -2.26. The van der Waals surface area contributed by atoms with Gasteiger partial charge < -0.3 is 0 Å². The summed E-state index contributed by atoms with van der Waals surface area (Å²) < 4.78 is 0. The smallest absolute Gasteiger partial charge is 0.0619 e. The second-order valence-electron chi connectivity index (χ2n) is 16.7. The van der Waals surface area contributed by atoms with Gasteiger partial charge in [0.25, 0.3) is 0 Å². The topological polar surface area (TPSA) is 0 Å². The van der Waals surface area contributed by atoms with Crippen LogP contribution in [0.4, 0.5) is 0 Å². The first kappa shape index (κ1) is 31.5. The highest BCUT2D eigenvalue weighted by molar-refractivity contribution is 6.26. The van der Waals surface area contributed by atoms with Gasteiger partial charge >= 0.3 is 0 Å². The van der Waals surface area contributed by atoms with Gasteiger partial charge in [-0.1, -0.05) is 188 Å². The summed E-state index contributed by atoms with van der Waals surface area (Å²) in [5, 5.41) is 15.6. The van der Waals surface area contributed by atoms with E-state index >= 15 is 0 Å². The Balaban J connectivity index is 1.09. The van der Waals surface area contributed by atoms with Gasteiger partial charge in [0.15, 0.2) is 0 Å². The molecule has 270 valence electrons. The normalized spacial score (nSPS) is 13.6. The molecule has 0 nitrogen and oxygen atoms in total. The summed E-state index contributed by atoms with van der Waals surface area (Å²) in [6.45, 7) is 0. The predicted molar refractivity (Wildman–Crippen MR) is 250 cm³/mol. The molecule has 14 rings (SSSR count). The van der Waals surface area contributed by atoms with Crippen molar-refractivity contribution < 1.29 is 0 Å². The van der Waals surface area contributed by atoms with Crippen molar-refractivity contribution in [2.24, 2.45) is 0 Å². The van der Waals surface area contributed by atoms with E-state index in [9.17, 15) is 0 Å². The zero-order chi connectivity index (χ0) is 38.4. The molecule has 0 radical (unpaired) electrons. The van der Waals surface area contributed by atoms with Crippen LogP contribution in [-0.2, 0) is 5.41 Å². The largest absolute Gasteiger partial charge is 0.0731 e. The highest BCUT2D eigenvalue weighted by Crippen LogP contribution is 2.66. The Morgan fingerprint density at radius 2 is 0.814 bits per heavy atom. The van der Waals surface area contributed by atoms with E-state index in [-0.39, 0.29) is 0 Å². The van der Waals surface area contributed by atoms with E-state index in [0.29, 0.717) is 0 Å². The van der Waals surface area contributed by atoms with Crippen molar-refractivity contribution in [1.29, 1.82) is 0 Å². The maximum Gasteiger partial charge on any atom is 0.0731 e. The molecule has 2 aliphatic rings. The Morgan fingerprint density at radius 1 is 0.254 bits per heavy atom. The summed E-state index contributed by atoms with van der Waals surface area (Å²) in [5.74, 6) is 0. The first-order valence-electron chi connectivity index (χ1n) is 20.8. The zero-order valence-corrected chi connectivity index (χ0v) is 32.1. The second kappa shape index (κ2) is 11.3. The van der Waals surface area contributed by atoms with Crippen LogP contribution < -0.4 is 0 Å². The monoisotopic (exact) mass is 742 g/mol. The average molecular weight is 743 g/mol. The fourth-order valence-electron chi connectivity index (χ4n) is 11.7. The van der Waals surface area contributed by atoms with E-state index in [4.69, 9.17) is 0 Å². The molecular formula is C59H34. The summed E-state index contributed by atoms with van der Waals surface area (Å²) in [6, 6.07) is 78.2. The zero-order valence-electron chi connectivity index (χ0n) is 32.1. The average Bonchev–Trinajstić information content (AvgIpc) is 3.77. The third-order valence-electron chi connectivity index (χ3n) is 14.0. The molecule has 2 aliphatic carbocycles. The van der Waals surface area contributed by atoms with Crippen LogP contribution in [0, 0.1) is 0 Å². The fraction of sp³-hybridized carbons (Fsp3) is 0.0169. The molecule has 0 bridgehead atoms. The first-order valence-corrected chi connectivity index (χ1v) is 20.8. The van der Waals surface area contributed by atoms with Crippen LogP contribution in [0.3, 0.4) is 0 Å². The SMILES string of the molecule is c1ccc(-c2ccc3ccc4cccc5ccc2c3c45)c(-c2ccc3c4c(c5ccccc5c3c2)-c2cc3ccccc3cc2C42c3ccccc3-c3ccccc32)c1. The molecule has 12 aromatic rings. The Hall–Kier alpha value is -7.54. The molecule has 0 saturated heterocycles. The minimum absolute atomic E-state index is 0.467. The van der Waals surface area contributed by atoms with Crippen LogP contribution in [0.1, 0.15) is 22.3 Å². The van der Waals surface area contributed by atoms with Gasteiger partial charge in [-0.2, -0.15) is 0 Å². The van der Waals surface area contributed by atoms with E-state index in [1.165, 1.54) is 131 Å². The van der Waals surface area contributed by atoms with Gasteiger partial charge in [-0.3, -0.25) is 0 Å². The van der Waals surface area contributed by atoms with Crippen molar-refractivity contribution in [3.05, 3.63) is 229 Å². The molecule has 1 spiro atoms. The number of hydrogen-bond donors (Lipinski definition) is 0. The molecule has 0 fully saturated rings. The van der Waals surface area contributed by atoms with Crippen molar-refractivity contribution in [3.63, 3.8) is 0 Å². The van der Waals surface area contributed by atoms with Crippen LogP contribution in [0.15, 0.2) is 206 Å². The van der Waals surface area contributed by atoms with Crippen molar-refractivity contribution in [2.45, 2.75) is 5.41 Å². The van der Waals surface area contributed by atoms with Crippen LogP contribution in [0.5, 0.6) is 0 Å². The van der Waals surface area contributed by atoms with Crippen molar-refractivity contribution in [1.82, 2.24) is 0 Å². The van der Waals surface area contributed by atoms with E-state index in [1.807, 2.05) is 0 Å². The van der Waals surface area contributed by atoms with E-state index in [0.717, 1.165) is 0 Å². The summed E-state index contributed by atoms with van der Waals surface area (Å²) in [6.07, 6.45) is 0. The Bertz CT molecular complexity index is 3730. The lowest BCUT2D eigenvalue weighted by atomic mass is 9.69. The van der Waals surface area contributed by atoms with Gasteiger partial charge in [-0.25, -0.2) is 0 Å². The van der Waals surface area contributed by atoms with Gasteiger partial charge in [-0.15, -0.1) is 0 Å². The highest BCUT2D eigenvalue weighted by atomic mass is 14.5.